The molecule has 0 atom stereocenters. The van der Waals surface area contributed by atoms with Crippen LogP contribution >= 0.6 is 0 Å². The molecule has 0 bridgehead atoms. The number of fused-ring (bicyclic) bond motifs is 5. The van der Waals surface area contributed by atoms with Crippen molar-refractivity contribution in [2.24, 2.45) is 0 Å². The lowest BCUT2D eigenvalue weighted by Crippen LogP contribution is -2.08. The zero-order chi connectivity index (χ0) is 19.0. The summed E-state index contributed by atoms with van der Waals surface area (Å²) >= 11 is 0. The average molecular weight is 361 g/mol. The van der Waals surface area contributed by atoms with E-state index in [1.54, 1.807) is 24.3 Å². The number of hydrogen-bond acceptors (Lipinski definition) is 4. The second-order valence-electron chi connectivity index (χ2n) is 6.16. The first-order chi connectivity index (χ1) is 13.2. The van der Waals surface area contributed by atoms with E-state index >= 15 is 0 Å². The Hall–Kier alpha value is -3.34. The maximum Gasteiger partial charge on any atom is 0.355 e. The summed E-state index contributed by atoms with van der Waals surface area (Å²) in [6.45, 7) is 4.03. The Morgan fingerprint density at radius 1 is 0.815 bits per heavy atom. The molecule has 0 spiro atoms. The van der Waals surface area contributed by atoms with Gasteiger partial charge in [0.25, 0.3) is 0 Å². The topological polar surface area (TPSA) is 57.0 Å². The lowest BCUT2D eigenvalue weighted by atomic mass is 10.0. The Bertz CT molecular complexity index is 1190. The molecular formula is C22H19NO4. The Kier molecular flexibility index (Phi) is 4.28. The fourth-order valence-corrected chi connectivity index (χ4v) is 3.49. The highest BCUT2D eigenvalue weighted by Crippen LogP contribution is 2.30. The summed E-state index contributed by atoms with van der Waals surface area (Å²) in [5.74, 6) is -0.922. The molecule has 2 aromatic carbocycles. The summed E-state index contributed by atoms with van der Waals surface area (Å²) in [5, 5.41) is 3.19. The van der Waals surface area contributed by atoms with E-state index in [-0.39, 0.29) is 13.2 Å². The predicted octanol–water partition coefficient (Wildman–Crippen LogP) is 4.60. The molecule has 0 amide bonds. The molecular weight excluding hydrogens is 342 g/mol. The number of carbonyl (C=O) groups is 2. The molecule has 2 heterocycles. The van der Waals surface area contributed by atoms with Gasteiger partial charge in [0, 0.05) is 5.39 Å². The van der Waals surface area contributed by atoms with Crippen LogP contribution in [0.15, 0.2) is 54.6 Å². The van der Waals surface area contributed by atoms with Crippen molar-refractivity contribution in [3.8, 4) is 0 Å². The second-order valence-corrected chi connectivity index (χ2v) is 6.16. The van der Waals surface area contributed by atoms with Crippen LogP contribution in [-0.2, 0) is 9.47 Å². The molecule has 0 aliphatic carbocycles. The fourth-order valence-electron chi connectivity index (χ4n) is 3.49. The number of esters is 2. The van der Waals surface area contributed by atoms with Crippen LogP contribution in [0.1, 0.15) is 34.7 Å². The normalized spacial score (nSPS) is 11.2. The molecule has 0 unspecified atom stereocenters. The molecule has 0 fully saturated rings. The molecule has 0 N–H and O–H groups in total. The van der Waals surface area contributed by atoms with Crippen molar-refractivity contribution in [3.05, 3.63) is 65.9 Å². The first-order valence-electron chi connectivity index (χ1n) is 8.95. The lowest BCUT2D eigenvalue weighted by Gasteiger charge is -2.10. The molecule has 27 heavy (non-hydrogen) atoms. The molecule has 0 aliphatic heterocycles. The third-order valence-electron chi connectivity index (χ3n) is 4.62. The van der Waals surface area contributed by atoms with Crippen molar-refractivity contribution in [1.82, 2.24) is 4.40 Å². The van der Waals surface area contributed by atoms with Crippen molar-refractivity contribution in [1.29, 1.82) is 0 Å². The Balaban J connectivity index is 2.09. The highest BCUT2D eigenvalue weighted by Gasteiger charge is 2.22. The number of carbonyl (C=O) groups excluding carboxylic acids is 2. The van der Waals surface area contributed by atoms with Gasteiger partial charge in [-0.3, -0.25) is 0 Å². The van der Waals surface area contributed by atoms with Crippen LogP contribution in [0.4, 0.5) is 0 Å². The molecule has 136 valence electrons. The number of ether oxygens (including phenoxy) is 2. The highest BCUT2D eigenvalue weighted by atomic mass is 16.5. The maximum atomic E-state index is 12.6. The quantitative estimate of drug-likeness (QED) is 0.394. The van der Waals surface area contributed by atoms with Gasteiger partial charge >= 0.3 is 11.9 Å². The first-order valence-corrected chi connectivity index (χ1v) is 8.95. The summed E-state index contributed by atoms with van der Waals surface area (Å²) in [6, 6.07) is 17.4. The fraction of sp³-hybridized carbons (Fsp3) is 0.182. The highest BCUT2D eigenvalue weighted by molar-refractivity contribution is 6.10. The molecule has 0 aliphatic rings. The van der Waals surface area contributed by atoms with Crippen molar-refractivity contribution >= 4 is 39.1 Å². The van der Waals surface area contributed by atoms with E-state index in [9.17, 15) is 9.59 Å². The Morgan fingerprint density at radius 3 is 2.30 bits per heavy atom. The van der Waals surface area contributed by atoms with Gasteiger partial charge in [-0.25, -0.2) is 9.59 Å². The minimum absolute atomic E-state index is 0.258. The van der Waals surface area contributed by atoms with Gasteiger partial charge in [-0.05, 0) is 42.8 Å². The third-order valence-corrected chi connectivity index (χ3v) is 4.62. The van der Waals surface area contributed by atoms with Gasteiger partial charge in [0.15, 0.2) is 0 Å². The Morgan fingerprint density at radius 2 is 1.52 bits per heavy atom. The molecule has 4 rings (SSSR count). The zero-order valence-corrected chi connectivity index (χ0v) is 15.2. The van der Waals surface area contributed by atoms with Crippen LogP contribution in [0.25, 0.3) is 27.2 Å². The van der Waals surface area contributed by atoms with Gasteiger partial charge in [0.05, 0.1) is 29.8 Å². The van der Waals surface area contributed by atoms with Crippen molar-refractivity contribution in [3.63, 3.8) is 0 Å². The first kappa shape index (κ1) is 17.1. The van der Waals surface area contributed by atoms with Crippen LogP contribution in [-0.4, -0.2) is 29.6 Å². The SMILES string of the molecule is CCOC(=O)c1cc(C(=O)OCC)n2c1ccc1c3ccccc3ccc12. The minimum Gasteiger partial charge on any atom is -0.462 e. The maximum absolute atomic E-state index is 12.6. The smallest absolute Gasteiger partial charge is 0.355 e. The predicted molar refractivity (Wildman–Crippen MR) is 104 cm³/mol. The van der Waals surface area contributed by atoms with Crippen LogP contribution in [0.2, 0.25) is 0 Å². The number of rotatable bonds is 4. The average Bonchev–Trinajstić information content (AvgIpc) is 3.08. The standard InChI is InChI=1S/C22H19NO4/c1-3-26-21(24)17-13-20(22(25)27-4-2)23-18-11-9-14-7-5-6-8-15(14)16(18)10-12-19(17)23/h5-13H,3-4H2,1-2H3. The van der Waals surface area contributed by atoms with Gasteiger partial charge in [0.2, 0.25) is 0 Å². The van der Waals surface area contributed by atoms with E-state index in [4.69, 9.17) is 9.47 Å². The van der Waals surface area contributed by atoms with Gasteiger partial charge in [-0.2, -0.15) is 0 Å². The van der Waals surface area contributed by atoms with Crippen molar-refractivity contribution in [2.45, 2.75) is 13.8 Å². The zero-order valence-electron chi connectivity index (χ0n) is 15.2. The van der Waals surface area contributed by atoms with E-state index in [0.29, 0.717) is 16.8 Å². The molecule has 0 saturated carbocycles. The summed E-state index contributed by atoms with van der Waals surface area (Å²) < 4.78 is 12.2. The number of aromatic nitrogens is 1. The van der Waals surface area contributed by atoms with Gasteiger partial charge < -0.3 is 13.9 Å². The van der Waals surface area contributed by atoms with E-state index in [1.165, 1.54) is 0 Å². The van der Waals surface area contributed by atoms with Gasteiger partial charge in [-0.1, -0.05) is 36.4 Å². The lowest BCUT2D eigenvalue weighted by molar-refractivity contribution is 0.0518. The summed E-state index contributed by atoms with van der Waals surface area (Å²) in [6.07, 6.45) is 0. The number of hydrogen-bond donors (Lipinski definition) is 0. The molecule has 4 aromatic rings. The van der Waals surface area contributed by atoms with Crippen LogP contribution in [0.3, 0.4) is 0 Å². The number of pyridine rings is 1. The van der Waals surface area contributed by atoms with E-state index in [2.05, 4.69) is 0 Å². The molecule has 5 heteroatoms. The van der Waals surface area contributed by atoms with Crippen LogP contribution in [0, 0.1) is 0 Å². The Labute approximate surface area is 156 Å². The minimum atomic E-state index is -0.469. The van der Waals surface area contributed by atoms with E-state index in [1.807, 2.05) is 48.5 Å². The second kappa shape index (κ2) is 6.76. The van der Waals surface area contributed by atoms with Crippen LogP contribution < -0.4 is 0 Å². The molecule has 5 nitrogen and oxygen atoms in total. The molecule has 0 radical (unpaired) electrons. The number of benzene rings is 2. The van der Waals surface area contributed by atoms with E-state index in [0.717, 1.165) is 21.7 Å². The summed E-state index contributed by atoms with van der Waals surface area (Å²) in [7, 11) is 0. The summed E-state index contributed by atoms with van der Waals surface area (Å²) in [5.41, 5.74) is 2.13. The third kappa shape index (κ3) is 2.72. The monoisotopic (exact) mass is 361 g/mol. The largest absolute Gasteiger partial charge is 0.462 e. The van der Waals surface area contributed by atoms with Crippen molar-refractivity contribution < 1.29 is 19.1 Å². The van der Waals surface area contributed by atoms with Crippen LogP contribution in [0.5, 0.6) is 0 Å². The van der Waals surface area contributed by atoms with Gasteiger partial charge in [0.1, 0.15) is 5.69 Å². The molecule has 0 saturated heterocycles. The van der Waals surface area contributed by atoms with Gasteiger partial charge in [-0.15, -0.1) is 0 Å². The van der Waals surface area contributed by atoms with E-state index < -0.39 is 11.9 Å². The molecule has 2 aromatic heterocycles. The van der Waals surface area contributed by atoms with Crippen molar-refractivity contribution in [2.75, 3.05) is 13.2 Å². The summed E-state index contributed by atoms with van der Waals surface area (Å²) in [4.78, 5) is 25.0. The number of nitrogens with zero attached hydrogens (tertiary/aromatic N) is 1.